The first-order valence-corrected chi connectivity index (χ1v) is 7.56. The van der Waals surface area contributed by atoms with Crippen LogP contribution in [0.4, 0.5) is 0 Å². The van der Waals surface area contributed by atoms with Crippen molar-refractivity contribution in [2.75, 3.05) is 19.6 Å². The molecule has 2 rings (SSSR count). The number of carbonyl (C=O) groups excluding carboxylic acids is 1. The van der Waals surface area contributed by atoms with Gasteiger partial charge in [0.15, 0.2) is 5.78 Å². The van der Waals surface area contributed by atoms with Gasteiger partial charge in [-0.2, -0.15) is 0 Å². The number of hydrogen-bond acceptors (Lipinski definition) is 2. The van der Waals surface area contributed by atoms with Crippen molar-refractivity contribution < 1.29 is 4.79 Å². The molecular formula is C15H20BrNO. The van der Waals surface area contributed by atoms with Crippen LogP contribution >= 0.6 is 15.9 Å². The van der Waals surface area contributed by atoms with Crippen LogP contribution in [0.3, 0.4) is 0 Å². The van der Waals surface area contributed by atoms with Crippen molar-refractivity contribution in [3.63, 3.8) is 0 Å². The lowest BCUT2D eigenvalue weighted by Gasteiger charge is -2.23. The van der Waals surface area contributed by atoms with Crippen LogP contribution in [-0.4, -0.2) is 30.3 Å². The molecule has 2 nitrogen and oxygen atoms in total. The Labute approximate surface area is 117 Å². The van der Waals surface area contributed by atoms with Gasteiger partial charge >= 0.3 is 0 Å². The largest absolute Gasteiger partial charge is 0.296 e. The number of hydrogen-bond donors (Lipinski definition) is 0. The van der Waals surface area contributed by atoms with Crippen LogP contribution in [-0.2, 0) is 0 Å². The van der Waals surface area contributed by atoms with Gasteiger partial charge < -0.3 is 0 Å². The molecule has 0 atom stereocenters. The number of halogens is 1. The maximum Gasteiger partial charge on any atom is 0.176 e. The number of likely N-dealkylation sites (tertiary alicyclic amines) is 1. The van der Waals surface area contributed by atoms with Crippen molar-refractivity contribution in [2.24, 2.45) is 0 Å². The van der Waals surface area contributed by atoms with Gasteiger partial charge in [-0.05, 0) is 38.1 Å². The summed E-state index contributed by atoms with van der Waals surface area (Å²) >= 11 is 3.39. The van der Waals surface area contributed by atoms with Crippen molar-refractivity contribution in [1.82, 2.24) is 4.90 Å². The summed E-state index contributed by atoms with van der Waals surface area (Å²) in [5, 5.41) is 0. The zero-order chi connectivity index (χ0) is 12.8. The van der Waals surface area contributed by atoms with E-state index in [9.17, 15) is 4.79 Å². The van der Waals surface area contributed by atoms with Gasteiger partial charge in [-0.1, -0.05) is 47.3 Å². The summed E-state index contributed by atoms with van der Waals surface area (Å²) < 4.78 is 1.02. The van der Waals surface area contributed by atoms with Gasteiger partial charge in [-0.15, -0.1) is 0 Å². The Morgan fingerprint density at radius 3 is 2.17 bits per heavy atom. The zero-order valence-corrected chi connectivity index (χ0v) is 12.3. The van der Waals surface area contributed by atoms with Gasteiger partial charge in [0.1, 0.15) is 0 Å². The topological polar surface area (TPSA) is 20.3 Å². The van der Waals surface area contributed by atoms with Crippen LogP contribution < -0.4 is 0 Å². The molecule has 0 aromatic heterocycles. The molecule has 1 aliphatic rings. The van der Waals surface area contributed by atoms with Crippen molar-refractivity contribution in [3.8, 4) is 0 Å². The molecule has 1 fully saturated rings. The highest BCUT2D eigenvalue weighted by Gasteiger charge is 2.13. The Bertz CT molecular complexity index is 380. The highest BCUT2D eigenvalue weighted by atomic mass is 79.9. The van der Waals surface area contributed by atoms with Crippen molar-refractivity contribution in [3.05, 3.63) is 34.3 Å². The monoisotopic (exact) mass is 309 g/mol. The first kappa shape index (κ1) is 13.8. The number of carbonyl (C=O) groups is 1. The molecule has 0 amide bonds. The average molecular weight is 310 g/mol. The minimum Gasteiger partial charge on any atom is -0.296 e. The Morgan fingerprint density at radius 2 is 1.56 bits per heavy atom. The molecule has 0 radical (unpaired) electrons. The van der Waals surface area contributed by atoms with E-state index in [0.717, 1.165) is 23.1 Å². The molecule has 1 aromatic rings. The predicted octanol–water partition coefficient (Wildman–Crippen LogP) is 3.90. The Morgan fingerprint density at radius 1 is 1.00 bits per heavy atom. The summed E-state index contributed by atoms with van der Waals surface area (Å²) in [5.41, 5.74) is 0.820. The van der Waals surface area contributed by atoms with E-state index >= 15 is 0 Å². The lowest BCUT2D eigenvalue weighted by molar-refractivity contribution is 0.0924. The molecule has 0 aliphatic carbocycles. The molecular weight excluding hydrogens is 290 g/mol. The highest BCUT2D eigenvalue weighted by Crippen LogP contribution is 2.13. The predicted molar refractivity (Wildman–Crippen MR) is 78.0 cm³/mol. The van der Waals surface area contributed by atoms with E-state index in [1.54, 1.807) is 0 Å². The SMILES string of the molecule is O=C(CN1CCCCCCC1)c1ccc(Br)cc1. The minimum absolute atomic E-state index is 0.239. The lowest BCUT2D eigenvalue weighted by atomic mass is 10.1. The van der Waals surface area contributed by atoms with E-state index in [2.05, 4.69) is 20.8 Å². The van der Waals surface area contributed by atoms with Crippen molar-refractivity contribution in [2.45, 2.75) is 32.1 Å². The molecule has 0 bridgehead atoms. The molecule has 0 unspecified atom stereocenters. The number of nitrogens with zero attached hydrogens (tertiary/aromatic N) is 1. The molecule has 0 saturated carbocycles. The second kappa shape index (κ2) is 7.05. The van der Waals surface area contributed by atoms with E-state index in [-0.39, 0.29) is 5.78 Å². The maximum atomic E-state index is 12.2. The van der Waals surface area contributed by atoms with Gasteiger partial charge in [0.05, 0.1) is 6.54 Å². The fourth-order valence-corrected chi connectivity index (χ4v) is 2.67. The van der Waals surface area contributed by atoms with Crippen LogP contribution in [0.5, 0.6) is 0 Å². The summed E-state index contributed by atoms with van der Waals surface area (Å²) in [6.07, 6.45) is 6.43. The van der Waals surface area contributed by atoms with E-state index in [4.69, 9.17) is 0 Å². The van der Waals surface area contributed by atoms with Crippen LogP contribution in [0.25, 0.3) is 0 Å². The molecule has 1 aromatic carbocycles. The molecule has 0 N–H and O–H groups in total. The lowest BCUT2D eigenvalue weighted by Crippen LogP contribution is -2.32. The quantitative estimate of drug-likeness (QED) is 0.789. The number of ketones is 1. The van der Waals surface area contributed by atoms with Crippen LogP contribution in [0.15, 0.2) is 28.7 Å². The maximum absolute atomic E-state index is 12.2. The van der Waals surface area contributed by atoms with Crippen molar-refractivity contribution >= 4 is 21.7 Å². The summed E-state index contributed by atoms with van der Waals surface area (Å²) in [7, 11) is 0. The summed E-state index contributed by atoms with van der Waals surface area (Å²) in [4.78, 5) is 14.5. The number of Topliss-reactive ketones (excluding diaryl/α,β-unsaturated/α-hetero) is 1. The highest BCUT2D eigenvalue weighted by molar-refractivity contribution is 9.10. The van der Waals surface area contributed by atoms with Gasteiger partial charge in [0.25, 0.3) is 0 Å². The fraction of sp³-hybridized carbons (Fsp3) is 0.533. The molecule has 98 valence electrons. The summed E-state index contributed by atoms with van der Waals surface area (Å²) in [6, 6.07) is 7.66. The van der Waals surface area contributed by atoms with Gasteiger partial charge in [0.2, 0.25) is 0 Å². The van der Waals surface area contributed by atoms with Crippen LogP contribution in [0.2, 0.25) is 0 Å². The normalized spacial score (nSPS) is 18.1. The first-order chi connectivity index (χ1) is 8.75. The smallest absolute Gasteiger partial charge is 0.176 e. The van der Waals surface area contributed by atoms with Crippen LogP contribution in [0, 0.1) is 0 Å². The minimum atomic E-state index is 0.239. The van der Waals surface area contributed by atoms with Crippen LogP contribution in [0.1, 0.15) is 42.5 Å². The van der Waals surface area contributed by atoms with E-state index in [1.165, 1.54) is 32.1 Å². The van der Waals surface area contributed by atoms with Gasteiger partial charge in [-0.3, -0.25) is 9.69 Å². The summed E-state index contributed by atoms with van der Waals surface area (Å²) in [5.74, 6) is 0.239. The van der Waals surface area contributed by atoms with Crippen molar-refractivity contribution in [1.29, 1.82) is 0 Å². The Hall–Kier alpha value is -0.670. The molecule has 1 saturated heterocycles. The fourth-order valence-electron chi connectivity index (χ4n) is 2.40. The second-order valence-electron chi connectivity index (χ2n) is 4.97. The third-order valence-corrected chi connectivity index (χ3v) is 4.01. The number of benzene rings is 1. The number of rotatable bonds is 3. The Balaban J connectivity index is 1.91. The van der Waals surface area contributed by atoms with E-state index in [1.807, 2.05) is 24.3 Å². The van der Waals surface area contributed by atoms with E-state index < -0.39 is 0 Å². The molecule has 1 heterocycles. The van der Waals surface area contributed by atoms with E-state index in [0.29, 0.717) is 6.54 Å². The average Bonchev–Trinajstić information content (AvgIpc) is 2.33. The molecule has 18 heavy (non-hydrogen) atoms. The summed E-state index contributed by atoms with van der Waals surface area (Å²) in [6.45, 7) is 2.71. The Kier molecular flexibility index (Phi) is 5.39. The molecule has 0 spiro atoms. The molecule has 1 aliphatic heterocycles. The third-order valence-electron chi connectivity index (χ3n) is 3.48. The van der Waals surface area contributed by atoms with Gasteiger partial charge in [-0.25, -0.2) is 0 Å². The second-order valence-corrected chi connectivity index (χ2v) is 5.89. The van der Waals surface area contributed by atoms with Gasteiger partial charge in [0, 0.05) is 10.0 Å². The third kappa shape index (κ3) is 4.21. The standard InChI is InChI=1S/C15H20BrNO/c16-14-8-6-13(7-9-14)15(18)12-17-10-4-2-1-3-5-11-17/h6-9H,1-5,10-12H2. The zero-order valence-electron chi connectivity index (χ0n) is 10.7. The first-order valence-electron chi connectivity index (χ1n) is 6.77. The molecule has 3 heteroatoms.